The summed E-state index contributed by atoms with van der Waals surface area (Å²) in [5, 5.41) is 13.4. The van der Waals surface area contributed by atoms with Gasteiger partial charge in [0.1, 0.15) is 6.04 Å². The van der Waals surface area contributed by atoms with E-state index in [1.54, 1.807) is 11.4 Å². The Balaban J connectivity index is 2.33. The zero-order valence-electron chi connectivity index (χ0n) is 8.70. The van der Waals surface area contributed by atoms with E-state index < -0.39 is 12.0 Å². The van der Waals surface area contributed by atoms with Crippen LogP contribution in [0, 0.1) is 0 Å². The number of carbonyl (C=O) groups excluding carboxylic acids is 1. The summed E-state index contributed by atoms with van der Waals surface area (Å²) in [5.74, 6) is -1.30. The summed E-state index contributed by atoms with van der Waals surface area (Å²) < 4.78 is 0. The van der Waals surface area contributed by atoms with E-state index in [-0.39, 0.29) is 12.3 Å². The number of amides is 1. The van der Waals surface area contributed by atoms with Crippen LogP contribution in [0.1, 0.15) is 18.2 Å². The van der Waals surface area contributed by atoms with Gasteiger partial charge in [-0.15, -0.1) is 11.3 Å². The van der Waals surface area contributed by atoms with E-state index in [1.807, 2.05) is 0 Å². The molecule has 1 rings (SSSR count). The van der Waals surface area contributed by atoms with Crippen LogP contribution in [-0.2, 0) is 16.0 Å². The molecule has 1 aromatic rings. The van der Waals surface area contributed by atoms with Crippen molar-refractivity contribution in [3.05, 3.63) is 21.3 Å². The third kappa shape index (κ3) is 4.20. The first-order valence-electron chi connectivity index (χ1n) is 4.74. The number of carbonyl (C=O) groups is 2. The van der Waals surface area contributed by atoms with Gasteiger partial charge in [0.25, 0.3) is 0 Å². The van der Waals surface area contributed by atoms with Crippen LogP contribution in [0.25, 0.3) is 0 Å². The highest BCUT2D eigenvalue weighted by Gasteiger charge is 2.13. The summed E-state index contributed by atoms with van der Waals surface area (Å²) in [4.78, 5) is 22.8. The van der Waals surface area contributed by atoms with E-state index >= 15 is 0 Å². The van der Waals surface area contributed by atoms with E-state index in [0.29, 0.717) is 11.4 Å². The van der Waals surface area contributed by atoms with Gasteiger partial charge in [-0.3, -0.25) is 9.59 Å². The van der Waals surface area contributed by atoms with Gasteiger partial charge in [-0.25, -0.2) is 0 Å². The maximum absolute atomic E-state index is 11.3. The molecule has 6 heteroatoms. The summed E-state index contributed by atoms with van der Waals surface area (Å²) in [7, 11) is 0. The molecule has 0 fully saturated rings. The molecule has 1 aromatic heterocycles. The molecule has 0 unspecified atom stereocenters. The molecule has 0 aliphatic heterocycles. The zero-order valence-corrected chi connectivity index (χ0v) is 10.3. The molecule has 2 N–H and O–H groups in total. The Morgan fingerprint density at radius 1 is 1.62 bits per heavy atom. The first-order valence-corrected chi connectivity index (χ1v) is 6.00. The van der Waals surface area contributed by atoms with Crippen molar-refractivity contribution in [3.8, 4) is 0 Å². The predicted molar refractivity (Wildman–Crippen MR) is 62.9 cm³/mol. The van der Waals surface area contributed by atoms with Crippen LogP contribution in [-0.4, -0.2) is 23.0 Å². The average molecular weight is 262 g/mol. The van der Waals surface area contributed by atoms with Gasteiger partial charge in [0.05, 0.1) is 5.02 Å². The van der Waals surface area contributed by atoms with Crippen molar-refractivity contribution in [3.63, 3.8) is 0 Å². The molecule has 4 nitrogen and oxygen atoms in total. The maximum atomic E-state index is 11.3. The first kappa shape index (κ1) is 13.0. The molecule has 0 bridgehead atoms. The lowest BCUT2D eigenvalue weighted by molar-refractivity contribution is -0.141. The van der Waals surface area contributed by atoms with Crippen LogP contribution in [0.5, 0.6) is 0 Å². The van der Waals surface area contributed by atoms with Gasteiger partial charge < -0.3 is 10.4 Å². The Hall–Kier alpha value is -1.07. The normalized spacial score (nSPS) is 12.1. The second-order valence-electron chi connectivity index (χ2n) is 3.36. The molecular weight excluding hydrogens is 250 g/mol. The Bertz CT molecular complexity index is 391. The number of aryl methyl sites for hydroxylation is 1. The number of halogens is 1. The Morgan fingerprint density at radius 3 is 2.81 bits per heavy atom. The fraction of sp³-hybridized carbons (Fsp3) is 0.400. The molecule has 1 amide bonds. The lowest BCUT2D eigenvalue weighted by atomic mass is 10.2. The van der Waals surface area contributed by atoms with Crippen molar-refractivity contribution >= 4 is 34.8 Å². The number of aliphatic carboxylic acids is 1. The number of carboxylic acids is 1. The molecule has 1 atom stereocenters. The van der Waals surface area contributed by atoms with Crippen molar-refractivity contribution < 1.29 is 14.7 Å². The van der Waals surface area contributed by atoms with Crippen molar-refractivity contribution in [2.75, 3.05) is 0 Å². The molecule has 0 radical (unpaired) electrons. The fourth-order valence-corrected chi connectivity index (χ4v) is 2.17. The van der Waals surface area contributed by atoms with Gasteiger partial charge in [0, 0.05) is 16.7 Å². The minimum atomic E-state index is -1.03. The average Bonchev–Trinajstić information content (AvgIpc) is 2.61. The Morgan fingerprint density at radius 2 is 2.31 bits per heavy atom. The lowest BCUT2D eigenvalue weighted by Gasteiger charge is -2.08. The summed E-state index contributed by atoms with van der Waals surface area (Å²) in [6.07, 6.45) is 0.851. The van der Waals surface area contributed by atoms with Crippen molar-refractivity contribution in [1.29, 1.82) is 0 Å². The lowest BCUT2D eigenvalue weighted by Crippen LogP contribution is -2.38. The number of hydrogen-bond acceptors (Lipinski definition) is 3. The number of hydrogen-bond donors (Lipinski definition) is 2. The predicted octanol–water partition coefficient (Wildman–Crippen LogP) is 1.92. The van der Waals surface area contributed by atoms with E-state index in [2.05, 4.69) is 5.32 Å². The van der Waals surface area contributed by atoms with E-state index in [9.17, 15) is 9.59 Å². The van der Waals surface area contributed by atoms with Crippen molar-refractivity contribution in [2.45, 2.75) is 25.8 Å². The number of rotatable bonds is 5. The molecule has 1 heterocycles. The Kier molecular flexibility index (Phi) is 4.76. The van der Waals surface area contributed by atoms with Crippen LogP contribution in [0.4, 0.5) is 0 Å². The summed E-state index contributed by atoms with van der Waals surface area (Å²) in [6, 6.07) is 0.958. The largest absolute Gasteiger partial charge is 0.480 e. The zero-order chi connectivity index (χ0) is 12.1. The highest BCUT2D eigenvalue weighted by Crippen LogP contribution is 2.20. The smallest absolute Gasteiger partial charge is 0.325 e. The summed E-state index contributed by atoms with van der Waals surface area (Å²) in [6.45, 7) is 1.43. The highest BCUT2D eigenvalue weighted by molar-refractivity contribution is 7.10. The highest BCUT2D eigenvalue weighted by atomic mass is 35.5. The molecular formula is C10H12ClNO3S. The maximum Gasteiger partial charge on any atom is 0.325 e. The standard InChI is InChI=1S/C10H12ClNO3S/c1-6(10(14)15)12-9(13)3-2-8-4-7(11)5-16-8/h4-6H,2-3H2,1H3,(H,12,13)(H,14,15)/t6-/m0/s1. The van der Waals surface area contributed by atoms with Gasteiger partial charge >= 0.3 is 5.97 Å². The van der Waals surface area contributed by atoms with Crippen LogP contribution < -0.4 is 5.32 Å². The molecule has 0 saturated carbocycles. The monoisotopic (exact) mass is 261 g/mol. The molecule has 88 valence electrons. The minimum Gasteiger partial charge on any atom is -0.480 e. The fourth-order valence-electron chi connectivity index (χ4n) is 1.10. The van der Waals surface area contributed by atoms with Gasteiger partial charge in [0.2, 0.25) is 5.91 Å². The number of nitrogens with one attached hydrogen (secondary N) is 1. The first-order chi connectivity index (χ1) is 7.49. The second kappa shape index (κ2) is 5.86. The minimum absolute atomic E-state index is 0.264. The molecule has 16 heavy (non-hydrogen) atoms. The Labute approximate surface area is 102 Å². The van der Waals surface area contributed by atoms with Gasteiger partial charge in [0.15, 0.2) is 0 Å². The molecule has 0 saturated heterocycles. The van der Waals surface area contributed by atoms with E-state index in [1.165, 1.54) is 18.3 Å². The van der Waals surface area contributed by atoms with Crippen molar-refractivity contribution in [1.82, 2.24) is 5.32 Å². The van der Waals surface area contributed by atoms with Crippen LogP contribution in [0.2, 0.25) is 5.02 Å². The summed E-state index contributed by atoms with van der Waals surface area (Å²) in [5.41, 5.74) is 0. The molecule has 0 aliphatic rings. The third-order valence-electron chi connectivity index (χ3n) is 1.97. The summed E-state index contributed by atoms with van der Waals surface area (Å²) >= 11 is 7.22. The second-order valence-corrected chi connectivity index (χ2v) is 4.79. The SMILES string of the molecule is C[C@H](NC(=O)CCc1cc(Cl)cs1)C(=O)O. The topological polar surface area (TPSA) is 66.4 Å². The number of thiophene rings is 1. The third-order valence-corrected chi connectivity index (χ3v) is 3.31. The van der Waals surface area contributed by atoms with Gasteiger partial charge in [-0.1, -0.05) is 11.6 Å². The van der Waals surface area contributed by atoms with Gasteiger partial charge in [-0.05, 0) is 19.4 Å². The van der Waals surface area contributed by atoms with E-state index in [4.69, 9.17) is 16.7 Å². The van der Waals surface area contributed by atoms with E-state index in [0.717, 1.165) is 4.88 Å². The number of carboxylic acid groups (broad SMARTS) is 1. The van der Waals surface area contributed by atoms with Crippen LogP contribution >= 0.6 is 22.9 Å². The molecule has 0 spiro atoms. The van der Waals surface area contributed by atoms with Crippen molar-refractivity contribution in [2.24, 2.45) is 0 Å². The van der Waals surface area contributed by atoms with Crippen LogP contribution in [0.15, 0.2) is 11.4 Å². The van der Waals surface area contributed by atoms with Gasteiger partial charge in [-0.2, -0.15) is 0 Å². The molecule has 0 aromatic carbocycles. The van der Waals surface area contributed by atoms with Crippen LogP contribution in [0.3, 0.4) is 0 Å². The quantitative estimate of drug-likeness (QED) is 0.851. The molecule has 0 aliphatic carbocycles.